The van der Waals surface area contributed by atoms with Gasteiger partial charge in [0.2, 0.25) is 0 Å². The van der Waals surface area contributed by atoms with Crippen molar-refractivity contribution >= 4 is 13.4 Å². The first kappa shape index (κ1) is 17.8. The van der Waals surface area contributed by atoms with E-state index in [1.165, 1.54) is 19.3 Å². The summed E-state index contributed by atoms with van der Waals surface area (Å²) in [6.07, 6.45) is 5.38. The average Bonchev–Trinajstić information content (AvgIpc) is 2.12. The van der Waals surface area contributed by atoms with E-state index in [1.807, 2.05) is 6.92 Å². The molecule has 1 atom stereocenters. The molecule has 0 aromatic carbocycles. The van der Waals surface area contributed by atoms with Crippen molar-refractivity contribution in [3.63, 3.8) is 0 Å². The highest BCUT2D eigenvalue weighted by Gasteiger charge is 2.20. The summed E-state index contributed by atoms with van der Waals surface area (Å²) in [5, 5.41) is 0. The third-order valence-electron chi connectivity index (χ3n) is 2.94. The molecule has 0 saturated carbocycles. The monoisotopic (exact) mass is 278 g/mol. The van der Waals surface area contributed by atoms with E-state index in [0.29, 0.717) is 0 Å². The van der Waals surface area contributed by atoms with Gasteiger partial charge in [0.15, 0.2) is 0 Å². The summed E-state index contributed by atoms with van der Waals surface area (Å²) in [6.45, 7) is 6.40. The van der Waals surface area contributed by atoms with Crippen LogP contribution < -0.4 is 0 Å². The summed E-state index contributed by atoms with van der Waals surface area (Å²) in [7, 11) is -4.18. The SMILES string of the molecule is CC(C)CCCCC[C@H](C)CC(=O)CP(=O)(O)O. The van der Waals surface area contributed by atoms with E-state index >= 15 is 0 Å². The zero-order chi connectivity index (χ0) is 14.2. The molecule has 0 aromatic rings. The van der Waals surface area contributed by atoms with Crippen LogP contribution in [-0.4, -0.2) is 21.7 Å². The summed E-state index contributed by atoms with van der Waals surface area (Å²) < 4.78 is 10.7. The van der Waals surface area contributed by atoms with Gasteiger partial charge in [0.05, 0.1) is 0 Å². The van der Waals surface area contributed by atoms with E-state index in [0.717, 1.165) is 18.8 Å². The van der Waals surface area contributed by atoms with Crippen molar-refractivity contribution in [2.24, 2.45) is 11.8 Å². The number of rotatable bonds is 10. The van der Waals surface area contributed by atoms with Crippen molar-refractivity contribution in [3.8, 4) is 0 Å². The summed E-state index contributed by atoms with van der Waals surface area (Å²) in [5.74, 6) is 0.647. The van der Waals surface area contributed by atoms with Crippen molar-refractivity contribution in [3.05, 3.63) is 0 Å². The second kappa shape index (κ2) is 8.84. The number of carbonyl (C=O) groups is 1. The minimum absolute atomic E-state index is 0.225. The lowest BCUT2D eigenvalue weighted by molar-refractivity contribution is -0.117. The largest absolute Gasteiger partial charge is 0.332 e. The Bertz CT molecular complexity index is 283. The summed E-state index contributed by atoms with van der Waals surface area (Å²) in [4.78, 5) is 28.7. The molecule has 0 amide bonds. The first-order valence-corrected chi connectivity index (χ1v) is 8.56. The fourth-order valence-electron chi connectivity index (χ4n) is 2.01. The van der Waals surface area contributed by atoms with E-state index in [2.05, 4.69) is 13.8 Å². The minimum atomic E-state index is -4.18. The molecule has 4 nitrogen and oxygen atoms in total. The molecule has 108 valence electrons. The molecular weight excluding hydrogens is 251 g/mol. The first-order valence-electron chi connectivity index (χ1n) is 6.77. The molecule has 0 aliphatic carbocycles. The van der Waals surface area contributed by atoms with Crippen LogP contribution in [0.15, 0.2) is 0 Å². The predicted molar refractivity (Wildman–Crippen MR) is 73.6 cm³/mol. The number of unbranched alkanes of at least 4 members (excludes halogenated alkanes) is 2. The third-order valence-corrected chi connectivity index (χ3v) is 3.70. The highest BCUT2D eigenvalue weighted by atomic mass is 31.2. The average molecular weight is 278 g/mol. The van der Waals surface area contributed by atoms with Crippen molar-refractivity contribution in [1.82, 2.24) is 0 Å². The van der Waals surface area contributed by atoms with Gasteiger partial charge in [0.25, 0.3) is 0 Å². The zero-order valence-electron chi connectivity index (χ0n) is 11.8. The zero-order valence-corrected chi connectivity index (χ0v) is 12.7. The fourth-order valence-corrected chi connectivity index (χ4v) is 2.60. The molecule has 0 radical (unpaired) electrons. The molecule has 0 aliphatic heterocycles. The van der Waals surface area contributed by atoms with Gasteiger partial charge in [-0.2, -0.15) is 0 Å². The predicted octanol–water partition coefficient (Wildman–Crippen LogP) is 3.37. The van der Waals surface area contributed by atoms with E-state index in [9.17, 15) is 9.36 Å². The van der Waals surface area contributed by atoms with Crippen LogP contribution in [0.3, 0.4) is 0 Å². The summed E-state index contributed by atoms with van der Waals surface area (Å²) in [5.41, 5.74) is 0. The lowest BCUT2D eigenvalue weighted by atomic mass is 9.97. The van der Waals surface area contributed by atoms with E-state index < -0.39 is 13.8 Å². The van der Waals surface area contributed by atoms with Gasteiger partial charge < -0.3 is 9.79 Å². The topological polar surface area (TPSA) is 74.6 Å². The van der Waals surface area contributed by atoms with Gasteiger partial charge in [-0.1, -0.05) is 52.9 Å². The van der Waals surface area contributed by atoms with Crippen LogP contribution in [0.1, 0.15) is 59.3 Å². The second-order valence-corrected chi connectivity index (χ2v) is 7.35. The maximum Gasteiger partial charge on any atom is 0.332 e. The molecule has 0 heterocycles. The molecule has 0 aromatic heterocycles. The Hall–Kier alpha value is -0.180. The van der Waals surface area contributed by atoms with Crippen molar-refractivity contribution in [2.45, 2.75) is 59.3 Å². The van der Waals surface area contributed by atoms with Crippen molar-refractivity contribution in [1.29, 1.82) is 0 Å². The van der Waals surface area contributed by atoms with Crippen LogP contribution in [0.25, 0.3) is 0 Å². The number of hydrogen-bond donors (Lipinski definition) is 2. The molecule has 0 aliphatic rings. The van der Waals surface area contributed by atoms with Crippen LogP contribution in [0.2, 0.25) is 0 Å². The molecule has 0 saturated heterocycles. The van der Waals surface area contributed by atoms with Gasteiger partial charge in [0, 0.05) is 6.42 Å². The summed E-state index contributed by atoms with van der Waals surface area (Å²) in [6, 6.07) is 0. The minimum Gasteiger partial charge on any atom is -0.324 e. The molecular formula is C13H27O4P. The molecule has 0 bridgehead atoms. The highest BCUT2D eigenvalue weighted by Crippen LogP contribution is 2.34. The Morgan fingerprint density at radius 1 is 1.06 bits per heavy atom. The molecule has 2 N–H and O–H groups in total. The maximum atomic E-state index is 11.4. The molecule has 0 unspecified atom stereocenters. The number of carbonyl (C=O) groups excluding carboxylic acids is 1. The van der Waals surface area contributed by atoms with Gasteiger partial charge in [-0.15, -0.1) is 0 Å². The fraction of sp³-hybridized carbons (Fsp3) is 0.923. The maximum absolute atomic E-state index is 11.4. The van der Waals surface area contributed by atoms with Crippen LogP contribution in [0, 0.1) is 11.8 Å². The molecule has 0 fully saturated rings. The summed E-state index contributed by atoms with van der Waals surface area (Å²) >= 11 is 0. The van der Waals surface area contributed by atoms with Crippen molar-refractivity contribution in [2.75, 3.05) is 6.16 Å². The Kier molecular flexibility index (Phi) is 8.75. The van der Waals surface area contributed by atoms with Crippen LogP contribution in [0.4, 0.5) is 0 Å². The molecule has 5 heteroatoms. The Morgan fingerprint density at radius 3 is 2.11 bits per heavy atom. The van der Waals surface area contributed by atoms with E-state index in [4.69, 9.17) is 9.79 Å². The van der Waals surface area contributed by atoms with Crippen LogP contribution in [0.5, 0.6) is 0 Å². The standard InChI is InChI=1S/C13H27O4P/c1-11(2)7-5-4-6-8-12(3)9-13(14)10-18(15,16)17/h11-12H,4-10H2,1-3H3,(H2,15,16,17)/t12-/m0/s1. The Morgan fingerprint density at radius 2 is 1.61 bits per heavy atom. The van der Waals surface area contributed by atoms with Gasteiger partial charge in [-0.3, -0.25) is 9.36 Å². The molecule has 0 spiro atoms. The second-order valence-electron chi connectivity index (χ2n) is 5.70. The van der Waals surface area contributed by atoms with Crippen LogP contribution >= 0.6 is 7.60 Å². The van der Waals surface area contributed by atoms with E-state index in [-0.39, 0.29) is 18.1 Å². The third kappa shape index (κ3) is 12.3. The Balaban J connectivity index is 3.62. The van der Waals surface area contributed by atoms with Gasteiger partial charge in [-0.05, 0) is 11.8 Å². The highest BCUT2D eigenvalue weighted by molar-refractivity contribution is 7.52. The van der Waals surface area contributed by atoms with Gasteiger partial charge >= 0.3 is 7.60 Å². The number of Topliss-reactive ketones (excluding diaryl/α,β-unsaturated/α-hetero) is 1. The number of hydrogen-bond acceptors (Lipinski definition) is 2. The first-order chi connectivity index (χ1) is 8.20. The lowest BCUT2D eigenvalue weighted by Gasteiger charge is -2.11. The Labute approximate surface area is 110 Å². The quantitative estimate of drug-likeness (QED) is 0.474. The van der Waals surface area contributed by atoms with E-state index in [1.54, 1.807) is 0 Å². The lowest BCUT2D eigenvalue weighted by Crippen LogP contribution is -2.10. The van der Waals surface area contributed by atoms with Crippen molar-refractivity contribution < 1.29 is 19.1 Å². The number of ketones is 1. The van der Waals surface area contributed by atoms with Gasteiger partial charge in [0.1, 0.15) is 11.9 Å². The molecule has 18 heavy (non-hydrogen) atoms. The molecule has 0 rings (SSSR count). The van der Waals surface area contributed by atoms with Crippen LogP contribution in [-0.2, 0) is 9.36 Å². The normalized spacial score (nSPS) is 13.9. The smallest absolute Gasteiger partial charge is 0.324 e. The van der Waals surface area contributed by atoms with Gasteiger partial charge in [-0.25, -0.2) is 0 Å².